The minimum absolute atomic E-state index is 0.0320. The van der Waals surface area contributed by atoms with E-state index in [9.17, 15) is 9.59 Å². The average Bonchev–Trinajstić information content (AvgIpc) is 2.80. The minimum atomic E-state index is -0.472. The van der Waals surface area contributed by atoms with E-state index < -0.39 is 5.91 Å². The van der Waals surface area contributed by atoms with Gasteiger partial charge in [0.05, 0.1) is 11.4 Å². The molecule has 0 aliphatic carbocycles. The number of halogens is 1. The zero-order valence-electron chi connectivity index (χ0n) is 18.7. The lowest BCUT2D eigenvalue weighted by molar-refractivity contribution is 0.102. The van der Waals surface area contributed by atoms with Gasteiger partial charge in [0.2, 0.25) is 0 Å². The van der Waals surface area contributed by atoms with Crippen LogP contribution in [0.3, 0.4) is 0 Å². The molecule has 4 rings (SSSR count). The molecule has 4 aromatic rings. The van der Waals surface area contributed by atoms with Crippen molar-refractivity contribution >= 4 is 23.2 Å². The number of nitrogens with zero attached hydrogens (tertiary/aromatic N) is 2. The van der Waals surface area contributed by atoms with Gasteiger partial charge in [-0.3, -0.25) is 14.6 Å². The zero-order chi connectivity index (χ0) is 23.5. The summed E-state index contributed by atoms with van der Waals surface area (Å²) in [6, 6.07) is 20.0. The van der Waals surface area contributed by atoms with Gasteiger partial charge < -0.3 is 9.88 Å². The molecular formula is C27H24ClN3O2. The number of carbonyl (C=O) groups excluding carboxylic acids is 1. The molecule has 0 saturated heterocycles. The molecule has 2 heterocycles. The molecule has 0 fully saturated rings. The third-order valence-corrected chi connectivity index (χ3v) is 5.81. The molecular weight excluding hydrogens is 434 g/mol. The van der Waals surface area contributed by atoms with Crippen LogP contribution < -0.4 is 10.7 Å². The number of benzene rings is 2. The summed E-state index contributed by atoms with van der Waals surface area (Å²) < 4.78 is 1.85. The molecule has 0 radical (unpaired) electrons. The van der Waals surface area contributed by atoms with Crippen molar-refractivity contribution in [3.63, 3.8) is 0 Å². The quantitative estimate of drug-likeness (QED) is 0.400. The lowest BCUT2D eigenvalue weighted by Crippen LogP contribution is -2.27. The van der Waals surface area contributed by atoms with Crippen LogP contribution in [0.2, 0.25) is 5.02 Å². The molecule has 0 aliphatic rings. The van der Waals surface area contributed by atoms with Crippen molar-refractivity contribution in [2.24, 2.45) is 0 Å². The summed E-state index contributed by atoms with van der Waals surface area (Å²) in [6.07, 6.45) is 2.40. The zero-order valence-corrected chi connectivity index (χ0v) is 19.5. The second kappa shape index (κ2) is 9.43. The standard InChI is InChI=1S/C27H24ClN3O2/c1-4-19-10-7-9-17(2)25(19)30-27(33)24-23(32)15-18(3)31(21-12-8-11-20(28)16-21)26(24)22-13-5-6-14-29-22/h5-16H,4H2,1-3H3,(H,30,33). The van der Waals surface area contributed by atoms with Crippen molar-refractivity contribution < 1.29 is 4.79 Å². The van der Waals surface area contributed by atoms with E-state index in [1.807, 2.05) is 61.7 Å². The Kier molecular flexibility index (Phi) is 6.43. The molecule has 6 heteroatoms. The maximum atomic E-state index is 13.6. The normalized spacial score (nSPS) is 10.8. The van der Waals surface area contributed by atoms with Crippen LogP contribution in [0.1, 0.15) is 34.1 Å². The Hall–Kier alpha value is -3.70. The number of para-hydroxylation sites is 1. The highest BCUT2D eigenvalue weighted by atomic mass is 35.5. The number of aromatic nitrogens is 2. The van der Waals surface area contributed by atoms with Crippen LogP contribution in [0.5, 0.6) is 0 Å². The van der Waals surface area contributed by atoms with Gasteiger partial charge in [-0.05, 0) is 61.7 Å². The fourth-order valence-electron chi connectivity index (χ4n) is 4.02. The fourth-order valence-corrected chi connectivity index (χ4v) is 4.21. The SMILES string of the molecule is CCc1cccc(C)c1NC(=O)c1c(-c2ccccn2)n(-c2cccc(Cl)c2)c(C)cc1=O. The molecule has 5 nitrogen and oxygen atoms in total. The van der Waals surface area contributed by atoms with Crippen molar-refractivity contribution in [2.45, 2.75) is 27.2 Å². The van der Waals surface area contributed by atoms with Crippen LogP contribution in [0.25, 0.3) is 17.1 Å². The van der Waals surface area contributed by atoms with E-state index >= 15 is 0 Å². The van der Waals surface area contributed by atoms with Crippen LogP contribution in [0, 0.1) is 13.8 Å². The van der Waals surface area contributed by atoms with E-state index in [0.717, 1.165) is 28.9 Å². The van der Waals surface area contributed by atoms with Crippen LogP contribution >= 0.6 is 11.6 Å². The Morgan fingerprint density at radius 1 is 1.03 bits per heavy atom. The third-order valence-electron chi connectivity index (χ3n) is 5.58. The number of pyridine rings is 2. The molecule has 0 saturated carbocycles. The molecule has 0 unspecified atom stereocenters. The number of carbonyl (C=O) groups is 1. The smallest absolute Gasteiger partial charge is 0.261 e. The van der Waals surface area contributed by atoms with Gasteiger partial charge in [0.1, 0.15) is 5.56 Å². The molecule has 0 spiro atoms. The molecule has 0 bridgehead atoms. The van der Waals surface area contributed by atoms with Gasteiger partial charge in [0.15, 0.2) is 5.43 Å². The summed E-state index contributed by atoms with van der Waals surface area (Å²) in [5.41, 5.74) is 4.68. The first-order chi connectivity index (χ1) is 15.9. The number of aryl methyl sites for hydroxylation is 3. The lowest BCUT2D eigenvalue weighted by Gasteiger charge is -2.21. The van der Waals surface area contributed by atoms with Gasteiger partial charge >= 0.3 is 0 Å². The summed E-state index contributed by atoms with van der Waals surface area (Å²) in [4.78, 5) is 31.3. The molecule has 1 amide bonds. The molecule has 1 N–H and O–H groups in total. The van der Waals surface area contributed by atoms with E-state index in [1.165, 1.54) is 6.07 Å². The minimum Gasteiger partial charge on any atom is -0.321 e. The number of nitrogens with one attached hydrogen (secondary N) is 1. The predicted octanol–water partition coefficient (Wildman–Crippen LogP) is 5.98. The second-order valence-corrected chi connectivity index (χ2v) is 8.26. The first-order valence-electron chi connectivity index (χ1n) is 10.7. The molecule has 0 atom stereocenters. The van der Waals surface area contributed by atoms with E-state index in [4.69, 9.17) is 11.6 Å². The summed E-state index contributed by atoms with van der Waals surface area (Å²) in [5.74, 6) is -0.472. The Bertz CT molecular complexity index is 1390. The van der Waals surface area contributed by atoms with Crippen molar-refractivity contribution in [3.05, 3.63) is 111 Å². The van der Waals surface area contributed by atoms with Crippen molar-refractivity contribution in [2.75, 3.05) is 5.32 Å². The largest absolute Gasteiger partial charge is 0.321 e. The summed E-state index contributed by atoms with van der Waals surface area (Å²) in [5, 5.41) is 3.55. The lowest BCUT2D eigenvalue weighted by atomic mass is 10.0. The first-order valence-corrected chi connectivity index (χ1v) is 11.1. The molecule has 0 aliphatic heterocycles. The summed E-state index contributed by atoms with van der Waals surface area (Å²) >= 11 is 6.27. The van der Waals surface area contributed by atoms with E-state index in [1.54, 1.807) is 30.5 Å². The van der Waals surface area contributed by atoms with Crippen LogP contribution in [0.15, 0.2) is 77.7 Å². The molecule has 166 valence electrons. The predicted molar refractivity (Wildman–Crippen MR) is 134 cm³/mol. The highest BCUT2D eigenvalue weighted by molar-refractivity contribution is 6.30. The average molecular weight is 458 g/mol. The van der Waals surface area contributed by atoms with Crippen molar-refractivity contribution in [1.29, 1.82) is 0 Å². The van der Waals surface area contributed by atoms with E-state index in [-0.39, 0.29) is 11.0 Å². The highest BCUT2D eigenvalue weighted by Crippen LogP contribution is 2.28. The third kappa shape index (κ3) is 4.45. The first kappa shape index (κ1) is 22.5. The van der Waals surface area contributed by atoms with Crippen LogP contribution in [0.4, 0.5) is 5.69 Å². The van der Waals surface area contributed by atoms with Gasteiger partial charge in [-0.1, -0.05) is 48.9 Å². The monoisotopic (exact) mass is 457 g/mol. The van der Waals surface area contributed by atoms with E-state index in [2.05, 4.69) is 10.3 Å². The fraction of sp³-hybridized carbons (Fsp3) is 0.148. The number of anilines is 1. The van der Waals surface area contributed by atoms with Gasteiger partial charge in [-0.25, -0.2) is 0 Å². The van der Waals surface area contributed by atoms with Gasteiger partial charge in [0, 0.05) is 34.4 Å². The Morgan fingerprint density at radius 2 is 1.82 bits per heavy atom. The molecule has 2 aromatic heterocycles. The van der Waals surface area contributed by atoms with Crippen LogP contribution in [-0.2, 0) is 6.42 Å². The van der Waals surface area contributed by atoms with Gasteiger partial charge in [-0.15, -0.1) is 0 Å². The molecule has 2 aromatic carbocycles. The van der Waals surface area contributed by atoms with E-state index in [0.29, 0.717) is 22.1 Å². The topological polar surface area (TPSA) is 64.0 Å². The number of rotatable bonds is 5. The number of hydrogen-bond donors (Lipinski definition) is 1. The van der Waals surface area contributed by atoms with Gasteiger partial charge in [-0.2, -0.15) is 0 Å². The number of hydrogen-bond acceptors (Lipinski definition) is 3. The summed E-state index contributed by atoms with van der Waals surface area (Å²) in [6.45, 7) is 5.79. The maximum Gasteiger partial charge on any atom is 0.261 e. The van der Waals surface area contributed by atoms with Gasteiger partial charge in [0.25, 0.3) is 5.91 Å². The van der Waals surface area contributed by atoms with Crippen molar-refractivity contribution in [3.8, 4) is 17.1 Å². The second-order valence-electron chi connectivity index (χ2n) is 7.82. The highest BCUT2D eigenvalue weighted by Gasteiger charge is 2.24. The molecule has 33 heavy (non-hydrogen) atoms. The summed E-state index contributed by atoms with van der Waals surface area (Å²) in [7, 11) is 0. The van der Waals surface area contributed by atoms with Crippen molar-refractivity contribution in [1.82, 2.24) is 9.55 Å². The Morgan fingerprint density at radius 3 is 2.52 bits per heavy atom. The Balaban J connectivity index is 1.98. The Labute approximate surface area is 197 Å². The maximum absolute atomic E-state index is 13.6. The van der Waals surface area contributed by atoms with Crippen LogP contribution in [-0.4, -0.2) is 15.5 Å². The number of amides is 1.